The molecular weight excluding hydrogens is 368 g/mol. The van der Waals surface area contributed by atoms with Crippen LogP contribution in [0.25, 0.3) is 5.69 Å². The molecule has 4 rings (SSSR count). The normalized spacial score (nSPS) is 13.3. The average Bonchev–Trinajstić information content (AvgIpc) is 3.28. The van der Waals surface area contributed by atoms with Crippen molar-refractivity contribution < 1.29 is 0 Å². The van der Waals surface area contributed by atoms with Gasteiger partial charge in [-0.1, -0.05) is 11.6 Å². The molecule has 0 aliphatic heterocycles. The quantitative estimate of drug-likeness (QED) is 0.686. The van der Waals surface area contributed by atoms with Crippen molar-refractivity contribution in [1.82, 2.24) is 9.78 Å². The van der Waals surface area contributed by atoms with Crippen LogP contribution < -0.4 is 5.56 Å². The minimum Gasteiger partial charge on any atom is -0.295 e. The third kappa shape index (κ3) is 2.79. The van der Waals surface area contributed by atoms with Crippen molar-refractivity contribution in [2.75, 3.05) is 0 Å². The zero-order chi connectivity index (χ0) is 18.3. The lowest BCUT2D eigenvalue weighted by Crippen LogP contribution is -2.17. The highest BCUT2D eigenvalue weighted by Gasteiger charge is 2.21. The van der Waals surface area contributed by atoms with Crippen LogP contribution in [-0.4, -0.2) is 16.0 Å². The van der Waals surface area contributed by atoms with Crippen molar-refractivity contribution in [3.63, 3.8) is 0 Å². The summed E-state index contributed by atoms with van der Waals surface area (Å²) < 4.78 is 1.46. The van der Waals surface area contributed by atoms with Gasteiger partial charge in [0.05, 0.1) is 16.8 Å². The Morgan fingerprint density at radius 2 is 2.12 bits per heavy atom. The third-order valence-corrected chi connectivity index (χ3v) is 5.98. The lowest BCUT2D eigenvalue weighted by Gasteiger charge is -2.00. The zero-order valence-electron chi connectivity index (χ0n) is 14.0. The Morgan fingerprint density at radius 1 is 1.35 bits per heavy atom. The van der Waals surface area contributed by atoms with Gasteiger partial charge in [-0.2, -0.15) is 5.26 Å². The first-order valence-corrected chi connectivity index (χ1v) is 9.44. The summed E-state index contributed by atoms with van der Waals surface area (Å²) in [6.07, 6.45) is 4.61. The van der Waals surface area contributed by atoms with E-state index in [2.05, 4.69) is 16.2 Å². The van der Waals surface area contributed by atoms with Crippen LogP contribution in [-0.2, 0) is 12.8 Å². The zero-order valence-corrected chi connectivity index (χ0v) is 15.6. The first-order chi connectivity index (χ1) is 12.6. The van der Waals surface area contributed by atoms with Crippen molar-refractivity contribution in [2.45, 2.75) is 26.2 Å². The maximum atomic E-state index is 12.7. The van der Waals surface area contributed by atoms with Crippen molar-refractivity contribution in [3.8, 4) is 11.8 Å². The number of aromatic amines is 1. The van der Waals surface area contributed by atoms with E-state index in [4.69, 9.17) is 11.6 Å². The van der Waals surface area contributed by atoms with E-state index < -0.39 is 0 Å². The van der Waals surface area contributed by atoms with E-state index in [1.54, 1.807) is 41.8 Å². The number of aromatic nitrogens is 2. The number of aryl methyl sites for hydroxylation is 2. The van der Waals surface area contributed by atoms with Gasteiger partial charge in [-0.05, 0) is 56.0 Å². The Morgan fingerprint density at radius 3 is 2.85 bits per heavy atom. The number of nitriles is 1. The number of thiophene rings is 1. The molecule has 2 heterocycles. The molecule has 1 aromatic carbocycles. The number of fused-ring (bicyclic) bond motifs is 1. The number of benzene rings is 1. The number of nitrogens with zero attached hydrogens (tertiary/aromatic N) is 3. The number of hydrogen-bond acceptors (Lipinski definition) is 4. The highest BCUT2D eigenvalue weighted by Crippen LogP contribution is 2.40. The Bertz CT molecular complexity index is 1110. The summed E-state index contributed by atoms with van der Waals surface area (Å²) in [5, 5.41) is 13.8. The van der Waals surface area contributed by atoms with E-state index in [0.717, 1.165) is 30.5 Å². The lowest BCUT2D eigenvalue weighted by atomic mass is 10.1. The van der Waals surface area contributed by atoms with Crippen LogP contribution >= 0.6 is 22.9 Å². The Kier molecular flexibility index (Phi) is 4.27. The van der Waals surface area contributed by atoms with Gasteiger partial charge in [0.1, 0.15) is 11.1 Å². The Balaban J connectivity index is 1.72. The molecule has 0 saturated carbocycles. The molecule has 1 N–H and O–H groups in total. The second-order valence-corrected chi connectivity index (χ2v) is 7.70. The highest BCUT2D eigenvalue weighted by atomic mass is 35.5. The molecule has 26 heavy (non-hydrogen) atoms. The van der Waals surface area contributed by atoms with Gasteiger partial charge in [-0.15, -0.1) is 11.3 Å². The summed E-state index contributed by atoms with van der Waals surface area (Å²) in [6.45, 7) is 1.83. The lowest BCUT2D eigenvalue weighted by molar-refractivity contribution is 0.835. The molecule has 0 spiro atoms. The predicted octanol–water partition coefficient (Wildman–Crippen LogP) is 4.30. The van der Waals surface area contributed by atoms with Crippen molar-refractivity contribution in [1.29, 1.82) is 5.26 Å². The van der Waals surface area contributed by atoms with Crippen LogP contribution in [0.1, 0.15) is 33.7 Å². The monoisotopic (exact) mass is 382 g/mol. The molecule has 5 nitrogen and oxygen atoms in total. The molecule has 0 radical (unpaired) electrons. The fourth-order valence-electron chi connectivity index (χ4n) is 3.20. The van der Waals surface area contributed by atoms with Gasteiger partial charge in [0.25, 0.3) is 5.56 Å². The molecule has 0 saturated heterocycles. The van der Waals surface area contributed by atoms with Crippen LogP contribution in [0.3, 0.4) is 0 Å². The molecule has 2 aromatic heterocycles. The largest absolute Gasteiger partial charge is 0.295 e. The molecule has 1 aliphatic rings. The molecule has 7 heteroatoms. The number of aliphatic imine (C=N–C) groups is 1. The molecule has 0 atom stereocenters. The van der Waals surface area contributed by atoms with Crippen molar-refractivity contribution in [2.24, 2.45) is 4.99 Å². The smallest absolute Gasteiger partial charge is 0.280 e. The van der Waals surface area contributed by atoms with Crippen LogP contribution in [0.5, 0.6) is 0 Å². The highest BCUT2D eigenvalue weighted by molar-refractivity contribution is 7.16. The van der Waals surface area contributed by atoms with Gasteiger partial charge in [-0.25, -0.2) is 9.67 Å². The summed E-state index contributed by atoms with van der Waals surface area (Å²) in [5.74, 6) is 0. The standard InChI is InChI=1S/C19H15ClN4OS/c1-11-16(19(25)24(23-11)13-7-5-12(20)6-8-13)10-22-18-15(9-21)14-3-2-4-17(14)26-18/h5-8,10,23H,2-4H2,1H3. The van der Waals surface area contributed by atoms with E-state index in [-0.39, 0.29) is 5.56 Å². The minimum absolute atomic E-state index is 0.184. The minimum atomic E-state index is -0.184. The van der Waals surface area contributed by atoms with Gasteiger partial charge in [-0.3, -0.25) is 9.89 Å². The van der Waals surface area contributed by atoms with E-state index in [1.807, 2.05) is 6.92 Å². The second-order valence-electron chi connectivity index (χ2n) is 6.17. The fourth-order valence-corrected chi connectivity index (χ4v) is 4.51. The summed E-state index contributed by atoms with van der Waals surface area (Å²) in [4.78, 5) is 18.5. The first-order valence-electron chi connectivity index (χ1n) is 8.24. The summed E-state index contributed by atoms with van der Waals surface area (Å²) >= 11 is 7.46. The summed E-state index contributed by atoms with van der Waals surface area (Å²) in [7, 11) is 0. The van der Waals surface area contributed by atoms with Crippen LogP contribution in [0.15, 0.2) is 34.1 Å². The number of halogens is 1. The molecular formula is C19H15ClN4OS. The van der Waals surface area contributed by atoms with E-state index in [9.17, 15) is 10.1 Å². The SMILES string of the molecule is Cc1[nH]n(-c2ccc(Cl)cc2)c(=O)c1C=Nc1sc2c(c1C#N)CCC2. The van der Waals surface area contributed by atoms with Crippen LogP contribution in [0, 0.1) is 18.3 Å². The van der Waals surface area contributed by atoms with Gasteiger partial charge in [0.15, 0.2) is 0 Å². The third-order valence-electron chi connectivity index (χ3n) is 4.53. The van der Waals surface area contributed by atoms with E-state index in [1.165, 1.54) is 9.56 Å². The second kappa shape index (κ2) is 6.60. The molecule has 3 aromatic rings. The van der Waals surface area contributed by atoms with Crippen LogP contribution in [0.2, 0.25) is 5.02 Å². The predicted molar refractivity (Wildman–Crippen MR) is 104 cm³/mol. The van der Waals surface area contributed by atoms with Gasteiger partial charge in [0, 0.05) is 21.8 Å². The molecule has 130 valence electrons. The molecule has 0 amide bonds. The number of H-pyrrole nitrogens is 1. The van der Waals surface area contributed by atoms with E-state index in [0.29, 0.717) is 26.8 Å². The number of hydrogen-bond donors (Lipinski definition) is 1. The number of nitrogens with one attached hydrogen (secondary N) is 1. The van der Waals surface area contributed by atoms with Gasteiger partial charge in [0.2, 0.25) is 0 Å². The Hall–Kier alpha value is -2.62. The molecule has 1 aliphatic carbocycles. The van der Waals surface area contributed by atoms with Gasteiger partial charge < -0.3 is 0 Å². The molecule has 0 unspecified atom stereocenters. The number of rotatable bonds is 3. The summed E-state index contributed by atoms with van der Waals surface area (Å²) in [6, 6.07) is 9.29. The summed E-state index contributed by atoms with van der Waals surface area (Å²) in [5.41, 5.74) is 3.51. The molecule has 0 fully saturated rings. The van der Waals surface area contributed by atoms with Crippen molar-refractivity contribution in [3.05, 3.63) is 66.9 Å². The van der Waals surface area contributed by atoms with E-state index >= 15 is 0 Å². The topological polar surface area (TPSA) is 73.9 Å². The molecule has 0 bridgehead atoms. The van der Waals surface area contributed by atoms with Gasteiger partial charge >= 0.3 is 0 Å². The Labute approximate surface area is 159 Å². The fraction of sp³-hybridized carbons (Fsp3) is 0.211. The van der Waals surface area contributed by atoms with Crippen LogP contribution in [0.4, 0.5) is 5.00 Å². The first kappa shape index (κ1) is 16.8. The maximum absolute atomic E-state index is 12.7. The average molecular weight is 383 g/mol. The maximum Gasteiger partial charge on any atom is 0.280 e. The van der Waals surface area contributed by atoms with Crippen molar-refractivity contribution >= 4 is 34.2 Å².